The number of H-pyrrole nitrogens is 1. The second-order valence-electron chi connectivity index (χ2n) is 1.83. The molecule has 1 atom stereocenters. The summed E-state index contributed by atoms with van der Waals surface area (Å²) >= 11 is 0. The molecule has 0 aromatic carbocycles. The minimum Gasteiger partial charge on any atom is -0.383 e. The number of nitrogens with one attached hydrogen (secondary N) is 1. The fraction of sp³-hybridized carbons (Fsp3) is 0.600. The van der Waals surface area contributed by atoms with Crippen molar-refractivity contribution in [3.63, 3.8) is 0 Å². The molecule has 2 N–H and O–H groups in total. The third-order valence-electron chi connectivity index (χ3n) is 1.06. The highest BCUT2D eigenvalue weighted by atomic mass is 16.5. The summed E-state index contributed by atoms with van der Waals surface area (Å²) in [4.78, 5) is 3.74. The third kappa shape index (κ3) is 1.52. The Balaban J connectivity index is 2.50. The van der Waals surface area contributed by atoms with E-state index in [2.05, 4.69) is 19.9 Å². The minimum absolute atomic E-state index is 0.220. The Hall–Kier alpha value is -0.940. The first-order valence-corrected chi connectivity index (χ1v) is 2.87. The van der Waals surface area contributed by atoms with E-state index in [0.29, 0.717) is 5.82 Å². The predicted molar refractivity (Wildman–Crippen MR) is 33.2 cm³/mol. The minimum atomic E-state index is -0.726. The van der Waals surface area contributed by atoms with Crippen molar-refractivity contribution in [2.24, 2.45) is 0 Å². The van der Waals surface area contributed by atoms with Gasteiger partial charge in [-0.05, 0) is 0 Å². The number of aromatic nitrogens is 3. The van der Waals surface area contributed by atoms with Crippen LogP contribution in [0, 0.1) is 0 Å². The molecule has 0 saturated carbocycles. The second-order valence-corrected chi connectivity index (χ2v) is 1.83. The van der Waals surface area contributed by atoms with E-state index < -0.39 is 6.10 Å². The molecule has 0 aliphatic heterocycles. The average Bonchev–Trinajstić information content (AvgIpc) is 2.38. The molecule has 0 aliphatic rings. The molecule has 1 aromatic rings. The number of aliphatic hydroxyl groups is 1. The molecule has 5 heteroatoms. The van der Waals surface area contributed by atoms with E-state index >= 15 is 0 Å². The van der Waals surface area contributed by atoms with Crippen LogP contribution >= 0.6 is 0 Å². The van der Waals surface area contributed by atoms with Crippen molar-refractivity contribution >= 4 is 0 Å². The first-order valence-electron chi connectivity index (χ1n) is 2.87. The summed E-state index contributed by atoms with van der Waals surface area (Å²) in [6, 6.07) is 0. The lowest BCUT2D eigenvalue weighted by molar-refractivity contribution is 0.0590. The van der Waals surface area contributed by atoms with Gasteiger partial charge in [-0.3, -0.25) is 5.10 Å². The van der Waals surface area contributed by atoms with Crippen LogP contribution in [-0.4, -0.2) is 34.0 Å². The monoisotopic (exact) mass is 143 g/mol. The van der Waals surface area contributed by atoms with Crippen molar-refractivity contribution in [3.8, 4) is 0 Å². The van der Waals surface area contributed by atoms with Crippen LogP contribution in [0.4, 0.5) is 0 Å². The topological polar surface area (TPSA) is 71.0 Å². The number of rotatable bonds is 3. The van der Waals surface area contributed by atoms with E-state index in [1.165, 1.54) is 13.4 Å². The van der Waals surface area contributed by atoms with E-state index in [1.54, 1.807) is 0 Å². The summed E-state index contributed by atoms with van der Waals surface area (Å²) in [6.45, 7) is 0.220. The van der Waals surface area contributed by atoms with Crippen molar-refractivity contribution in [3.05, 3.63) is 12.2 Å². The molecule has 0 spiro atoms. The standard InChI is InChI=1S/C5H9N3O2/c1-10-2-4(9)5-6-3-7-8-5/h3-4,9H,2H2,1H3,(H,6,7,8). The number of aromatic amines is 1. The van der Waals surface area contributed by atoms with Crippen LogP contribution in [0.25, 0.3) is 0 Å². The van der Waals surface area contributed by atoms with E-state index in [9.17, 15) is 0 Å². The molecule has 1 unspecified atom stereocenters. The Labute approximate surface area is 58.1 Å². The lowest BCUT2D eigenvalue weighted by Crippen LogP contribution is -2.06. The van der Waals surface area contributed by atoms with Gasteiger partial charge in [0, 0.05) is 7.11 Å². The van der Waals surface area contributed by atoms with Crippen LogP contribution in [0.2, 0.25) is 0 Å². The van der Waals surface area contributed by atoms with Gasteiger partial charge in [-0.1, -0.05) is 0 Å². The zero-order valence-corrected chi connectivity index (χ0v) is 5.61. The molecule has 0 radical (unpaired) electrons. The molecule has 0 amide bonds. The zero-order valence-electron chi connectivity index (χ0n) is 5.61. The molecule has 5 nitrogen and oxygen atoms in total. The Bertz CT molecular complexity index is 175. The van der Waals surface area contributed by atoms with Crippen LogP contribution in [0.5, 0.6) is 0 Å². The van der Waals surface area contributed by atoms with Gasteiger partial charge < -0.3 is 9.84 Å². The summed E-state index contributed by atoms with van der Waals surface area (Å²) in [5.74, 6) is 0.363. The molecule has 0 aliphatic carbocycles. The summed E-state index contributed by atoms with van der Waals surface area (Å²) in [6.07, 6.45) is 0.685. The molecule has 0 bridgehead atoms. The van der Waals surface area contributed by atoms with Gasteiger partial charge >= 0.3 is 0 Å². The highest BCUT2D eigenvalue weighted by Crippen LogP contribution is 2.03. The van der Waals surface area contributed by atoms with Crippen molar-refractivity contribution < 1.29 is 9.84 Å². The number of nitrogens with zero attached hydrogens (tertiary/aromatic N) is 2. The molecule has 10 heavy (non-hydrogen) atoms. The van der Waals surface area contributed by atoms with Crippen molar-refractivity contribution in [2.45, 2.75) is 6.10 Å². The van der Waals surface area contributed by atoms with Gasteiger partial charge in [0.25, 0.3) is 0 Å². The first kappa shape index (κ1) is 7.17. The Kier molecular flexibility index (Phi) is 2.35. The summed E-state index contributed by atoms with van der Waals surface area (Å²) in [7, 11) is 1.51. The zero-order chi connectivity index (χ0) is 7.40. The summed E-state index contributed by atoms with van der Waals surface area (Å²) in [5.41, 5.74) is 0. The molecular weight excluding hydrogens is 134 g/mol. The fourth-order valence-electron chi connectivity index (χ4n) is 0.612. The maximum atomic E-state index is 9.14. The number of hydrogen-bond donors (Lipinski definition) is 2. The number of methoxy groups -OCH3 is 1. The lowest BCUT2D eigenvalue weighted by atomic mass is 10.4. The molecule has 56 valence electrons. The third-order valence-corrected chi connectivity index (χ3v) is 1.06. The first-order chi connectivity index (χ1) is 4.84. The van der Waals surface area contributed by atoms with Gasteiger partial charge in [0.05, 0.1) is 6.61 Å². The summed E-state index contributed by atoms with van der Waals surface area (Å²) in [5, 5.41) is 15.3. The maximum absolute atomic E-state index is 9.14. The van der Waals surface area contributed by atoms with Crippen LogP contribution in [-0.2, 0) is 4.74 Å². The summed E-state index contributed by atoms with van der Waals surface area (Å²) < 4.78 is 4.68. The normalized spacial score (nSPS) is 13.4. The Morgan fingerprint density at radius 1 is 1.90 bits per heavy atom. The number of aliphatic hydroxyl groups excluding tert-OH is 1. The smallest absolute Gasteiger partial charge is 0.181 e. The average molecular weight is 143 g/mol. The maximum Gasteiger partial charge on any atom is 0.181 e. The quantitative estimate of drug-likeness (QED) is 0.597. The fourth-order valence-corrected chi connectivity index (χ4v) is 0.612. The van der Waals surface area contributed by atoms with Gasteiger partial charge in [0.15, 0.2) is 5.82 Å². The van der Waals surface area contributed by atoms with Crippen LogP contribution in [0.15, 0.2) is 6.33 Å². The SMILES string of the molecule is COCC(O)c1nc[nH]n1. The molecular formula is C5H9N3O2. The predicted octanol–water partition coefficient (Wildman–Crippen LogP) is -0.516. The highest BCUT2D eigenvalue weighted by molar-refractivity contribution is 4.85. The number of hydrogen-bond acceptors (Lipinski definition) is 4. The van der Waals surface area contributed by atoms with Gasteiger partial charge in [0.1, 0.15) is 12.4 Å². The molecule has 0 saturated heterocycles. The molecule has 0 fully saturated rings. The highest BCUT2D eigenvalue weighted by Gasteiger charge is 2.09. The van der Waals surface area contributed by atoms with E-state index in [-0.39, 0.29) is 6.61 Å². The molecule has 1 rings (SSSR count). The van der Waals surface area contributed by atoms with Gasteiger partial charge in [0.2, 0.25) is 0 Å². The second kappa shape index (κ2) is 3.28. The Morgan fingerprint density at radius 3 is 3.20 bits per heavy atom. The van der Waals surface area contributed by atoms with Crippen LogP contribution in [0.3, 0.4) is 0 Å². The van der Waals surface area contributed by atoms with Crippen molar-refractivity contribution in [2.75, 3.05) is 13.7 Å². The van der Waals surface area contributed by atoms with Crippen LogP contribution < -0.4 is 0 Å². The van der Waals surface area contributed by atoms with E-state index in [1.807, 2.05) is 0 Å². The van der Waals surface area contributed by atoms with Gasteiger partial charge in [-0.25, -0.2) is 4.98 Å². The van der Waals surface area contributed by atoms with Gasteiger partial charge in [-0.2, -0.15) is 5.10 Å². The molecule has 1 aromatic heterocycles. The Morgan fingerprint density at radius 2 is 2.70 bits per heavy atom. The largest absolute Gasteiger partial charge is 0.383 e. The van der Waals surface area contributed by atoms with Crippen molar-refractivity contribution in [1.29, 1.82) is 0 Å². The number of ether oxygens (including phenoxy) is 1. The molecule has 1 heterocycles. The lowest BCUT2D eigenvalue weighted by Gasteiger charge is -2.02. The van der Waals surface area contributed by atoms with E-state index in [4.69, 9.17) is 5.11 Å². The van der Waals surface area contributed by atoms with Crippen LogP contribution in [0.1, 0.15) is 11.9 Å². The van der Waals surface area contributed by atoms with Gasteiger partial charge in [-0.15, -0.1) is 0 Å². The van der Waals surface area contributed by atoms with Crippen molar-refractivity contribution in [1.82, 2.24) is 15.2 Å². The van der Waals surface area contributed by atoms with E-state index in [0.717, 1.165) is 0 Å².